The van der Waals surface area contributed by atoms with E-state index in [9.17, 15) is 4.79 Å². The van der Waals surface area contributed by atoms with Gasteiger partial charge in [0.1, 0.15) is 5.69 Å². The number of rotatable bonds is 1. The minimum absolute atomic E-state index is 0.0346. The van der Waals surface area contributed by atoms with E-state index in [0.717, 1.165) is 5.56 Å². The number of aromatic carboxylic acids is 1. The van der Waals surface area contributed by atoms with Crippen molar-refractivity contribution in [2.24, 2.45) is 0 Å². The molecule has 0 saturated heterocycles. The minimum Gasteiger partial charge on any atom is -0.477 e. The third-order valence-electron chi connectivity index (χ3n) is 1.85. The number of nitrogens with zero attached hydrogens (tertiary/aromatic N) is 1. The molecule has 0 aliphatic carbocycles. The third kappa shape index (κ3) is 2.28. The van der Waals surface area contributed by atoms with Gasteiger partial charge in [0.2, 0.25) is 0 Å². The molecule has 1 heterocycles. The van der Waals surface area contributed by atoms with Gasteiger partial charge in [0.25, 0.3) is 0 Å². The van der Waals surface area contributed by atoms with E-state index in [2.05, 4.69) is 4.98 Å². The van der Waals surface area contributed by atoms with Crippen molar-refractivity contribution in [2.75, 3.05) is 0 Å². The summed E-state index contributed by atoms with van der Waals surface area (Å²) in [6, 6.07) is 3.45. The van der Waals surface area contributed by atoms with Crippen LogP contribution in [0.5, 0.6) is 0 Å². The van der Waals surface area contributed by atoms with E-state index in [1.165, 1.54) is 6.20 Å². The van der Waals surface area contributed by atoms with Crippen LogP contribution in [0.1, 0.15) is 36.8 Å². The smallest absolute Gasteiger partial charge is 0.354 e. The van der Waals surface area contributed by atoms with Crippen LogP contribution in [0.2, 0.25) is 0 Å². The Morgan fingerprint density at radius 1 is 1.46 bits per heavy atom. The van der Waals surface area contributed by atoms with Crippen molar-refractivity contribution < 1.29 is 9.90 Å². The molecular weight excluding hydrogens is 166 g/mol. The summed E-state index contributed by atoms with van der Waals surface area (Å²) in [5.74, 6) is -0.980. The van der Waals surface area contributed by atoms with Crippen LogP contribution in [-0.4, -0.2) is 16.1 Å². The molecule has 1 N–H and O–H groups in total. The second kappa shape index (κ2) is 3.17. The lowest BCUT2D eigenvalue weighted by Crippen LogP contribution is -2.13. The maximum absolute atomic E-state index is 10.6. The molecule has 0 radical (unpaired) electrons. The van der Waals surface area contributed by atoms with Crippen LogP contribution in [0.15, 0.2) is 18.3 Å². The van der Waals surface area contributed by atoms with Gasteiger partial charge in [-0.05, 0) is 23.1 Å². The van der Waals surface area contributed by atoms with E-state index < -0.39 is 5.97 Å². The Morgan fingerprint density at radius 2 is 2.08 bits per heavy atom. The van der Waals surface area contributed by atoms with Gasteiger partial charge < -0.3 is 5.11 Å². The maximum atomic E-state index is 10.6. The van der Waals surface area contributed by atoms with Crippen molar-refractivity contribution in [1.29, 1.82) is 0 Å². The van der Waals surface area contributed by atoms with Gasteiger partial charge in [-0.15, -0.1) is 0 Å². The van der Waals surface area contributed by atoms with E-state index in [4.69, 9.17) is 5.11 Å². The standard InChI is InChI=1S/C10H13NO2/c1-10(2,3)7-4-5-11-8(6-7)9(12)13/h4-6H,1-3H3,(H,12,13). The molecule has 1 aromatic heterocycles. The zero-order valence-corrected chi connectivity index (χ0v) is 8.03. The highest BCUT2D eigenvalue weighted by Gasteiger charge is 2.15. The summed E-state index contributed by atoms with van der Waals surface area (Å²) in [6.07, 6.45) is 1.53. The van der Waals surface area contributed by atoms with Gasteiger partial charge >= 0.3 is 5.97 Å². The molecule has 3 nitrogen and oxygen atoms in total. The first kappa shape index (κ1) is 9.71. The Balaban J connectivity index is 3.13. The van der Waals surface area contributed by atoms with Crippen LogP contribution in [0.25, 0.3) is 0 Å². The number of carboxylic acid groups (broad SMARTS) is 1. The normalized spacial score (nSPS) is 11.3. The van der Waals surface area contributed by atoms with Crippen LogP contribution < -0.4 is 0 Å². The average Bonchev–Trinajstić information content (AvgIpc) is 2.03. The molecule has 0 unspecified atom stereocenters. The maximum Gasteiger partial charge on any atom is 0.354 e. The van der Waals surface area contributed by atoms with Gasteiger partial charge in [-0.2, -0.15) is 0 Å². The van der Waals surface area contributed by atoms with Crippen LogP contribution in [0.4, 0.5) is 0 Å². The van der Waals surface area contributed by atoms with E-state index >= 15 is 0 Å². The third-order valence-corrected chi connectivity index (χ3v) is 1.85. The molecule has 1 rings (SSSR count). The average molecular weight is 179 g/mol. The van der Waals surface area contributed by atoms with Gasteiger partial charge in [0, 0.05) is 6.20 Å². The Bertz CT molecular complexity index is 326. The molecule has 0 saturated carbocycles. The Morgan fingerprint density at radius 3 is 2.54 bits per heavy atom. The van der Waals surface area contributed by atoms with Gasteiger partial charge in [-0.1, -0.05) is 20.8 Å². The summed E-state index contributed by atoms with van der Waals surface area (Å²) in [4.78, 5) is 14.4. The Hall–Kier alpha value is -1.38. The predicted octanol–water partition coefficient (Wildman–Crippen LogP) is 2.08. The molecule has 0 atom stereocenters. The predicted molar refractivity (Wildman–Crippen MR) is 49.9 cm³/mol. The zero-order chi connectivity index (χ0) is 10.1. The van der Waals surface area contributed by atoms with Crippen molar-refractivity contribution in [3.05, 3.63) is 29.6 Å². The van der Waals surface area contributed by atoms with E-state index in [-0.39, 0.29) is 11.1 Å². The summed E-state index contributed by atoms with van der Waals surface area (Å²) >= 11 is 0. The molecule has 13 heavy (non-hydrogen) atoms. The first-order valence-electron chi connectivity index (χ1n) is 4.11. The Kier molecular flexibility index (Phi) is 2.36. The second-order valence-corrected chi connectivity index (χ2v) is 3.98. The summed E-state index contributed by atoms with van der Waals surface area (Å²) in [6.45, 7) is 6.11. The van der Waals surface area contributed by atoms with E-state index in [1.54, 1.807) is 6.07 Å². The fourth-order valence-electron chi connectivity index (χ4n) is 1.01. The lowest BCUT2D eigenvalue weighted by molar-refractivity contribution is 0.0690. The highest BCUT2D eigenvalue weighted by atomic mass is 16.4. The van der Waals surface area contributed by atoms with E-state index in [1.807, 2.05) is 26.8 Å². The number of carbonyl (C=O) groups is 1. The summed E-state index contributed by atoms with van der Waals surface area (Å²) in [5.41, 5.74) is 1.06. The van der Waals surface area contributed by atoms with Gasteiger partial charge in [0.15, 0.2) is 0 Å². The SMILES string of the molecule is CC(C)(C)c1ccnc(C(=O)O)c1. The summed E-state index contributed by atoms with van der Waals surface area (Å²) in [5, 5.41) is 8.71. The van der Waals surface area contributed by atoms with Crippen LogP contribution in [0.3, 0.4) is 0 Å². The first-order valence-corrected chi connectivity index (χ1v) is 4.11. The van der Waals surface area contributed by atoms with Crippen LogP contribution >= 0.6 is 0 Å². The molecule has 3 heteroatoms. The lowest BCUT2D eigenvalue weighted by Gasteiger charge is -2.18. The first-order chi connectivity index (χ1) is 5.91. The molecule has 0 fully saturated rings. The molecule has 0 amide bonds. The molecule has 0 aromatic carbocycles. The molecule has 1 aromatic rings. The molecular formula is C10H13NO2. The number of hydrogen-bond donors (Lipinski definition) is 1. The number of aromatic nitrogens is 1. The van der Waals surface area contributed by atoms with Crippen molar-refractivity contribution in [3.63, 3.8) is 0 Å². The number of pyridine rings is 1. The fourth-order valence-corrected chi connectivity index (χ4v) is 1.01. The van der Waals surface area contributed by atoms with E-state index in [0.29, 0.717) is 0 Å². The van der Waals surface area contributed by atoms with Crippen molar-refractivity contribution in [1.82, 2.24) is 4.98 Å². The number of hydrogen-bond acceptors (Lipinski definition) is 2. The molecule has 0 bridgehead atoms. The molecule has 0 spiro atoms. The van der Waals surface area contributed by atoms with Gasteiger partial charge in [-0.3, -0.25) is 0 Å². The minimum atomic E-state index is -0.980. The summed E-state index contributed by atoms with van der Waals surface area (Å²) < 4.78 is 0. The molecule has 70 valence electrons. The van der Waals surface area contributed by atoms with Crippen LogP contribution in [-0.2, 0) is 5.41 Å². The molecule has 0 aliphatic rings. The highest BCUT2D eigenvalue weighted by Crippen LogP contribution is 2.21. The van der Waals surface area contributed by atoms with Gasteiger partial charge in [0.05, 0.1) is 0 Å². The van der Waals surface area contributed by atoms with Crippen LogP contribution in [0, 0.1) is 0 Å². The fraction of sp³-hybridized carbons (Fsp3) is 0.400. The summed E-state index contributed by atoms with van der Waals surface area (Å²) in [7, 11) is 0. The van der Waals surface area contributed by atoms with Crippen molar-refractivity contribution in [2.45, 2.75) is 26.2 Å². The lowest BCUT2D eigenvalue weighted by atomic mass is 9.87. The highest BCUT2D eigenvalue weighted by molar-refractivity contribution is 5.85. The van der Waals surface area contributed by atoms with Gasteiger partial charge in [-0.25, -0.2) is 9.78 Å². The topological polar surface area (TPSA) is 50.2 Å². The number of carboxylic acids is 1. The quantitative estimate of drug-likeness (QED) is 0.718. The molecule has 0 aliphatic heterocycles. The van der Waals surface area contributed by atoms with Crippen molar-refractivity contribution in [3.8, 4) is 0 Å². The second-order valence-electron chi connectivity index (χ2n) is 3.98. The zero-order valence-electron chi connectivity index (χ0n) is 8.03. The largest absolute Gasteiger partial charge is 0.477 e. The van der Waals surface area contributed by atoms with Crippen molar-refractivity contribution >= 4 is 5.97 Å². The monoisotopic (exact) mass is 179 g/mol. The Labute approximate surface area is 77.4 Å².